The number of nitrogens with zero attached hydrogens (tertiary/aromatic N) is 2. The Morgan fingerprint density at radius 1 is 0.433 bits per heavy atom. The van der Waals surface area contributed by atoms with Gasteiger partial charge in [0.05, 0.1) is 53.2 Å². The lowest BCUT2D eigenvalue weighted by atomic mass is 9.96. The Morgan fingerprint density at radius 2 is 0.650 bits per heavy atom. The third-order valence-corrected chi connectivity index (χ3v) is 10.4. The molecule has 4 rings (SSSR count). The Bertz CT molecular complexity index is 2010. The van der Waals surface area contributed by atoms with E-state index in [-0.39, 0.29) is 37.9 Å². The van der Waals surface area contributed by atoms with Crippen LogP contribution < -0.4 is 18.9 Å². The monoisotopic (exact) mass is 878 g/mol. The summed E-state index contributed by atoms with van der Waals surface area (Å²) < 4.78 is 91.3. The van der Waals surface area contributed by atoms with Crippen molar-refractivity contribution in [1.82, 2.24) is 0 Å². The molecule has 0 aliphatic carbocycles. The van der Waals surface area contributed by atoms with E-state index in [4.69, 9.17) is 37.9 Å². The van der Waals surface area contributed by atoms with Gasteiger partial charge in [-0.2, -0.15) is 0 Å². The topological polar surface area (TPSA) is 228 Å². The van der Waals surface area contributed by atoms with Crippen LogP contribution in [0, 0.1) is 20.2 Å². The average Bonchev–Trinajstić information content (AvgIpc) is 3.22. The molecular formula is C40H50N2O16S2. The summed E-state index contributed by atoms with van der Waals surface area (Å²) in [5, 5.41) is 21.6. The van der Waals surface area contributed by atoms with E-state index in [2.05, 4.69) is 0 Å². The summed E-state index contributed by atoms with van der Waals surface area (Å²) in [4.78, 5) is 20.6. The molecule has 0 aliphatic heterocycles. The number of rotatable bonds is 24. The number of ether oxygens (including phenoxy) is 8. The largest absolute Gasteiger partial charge is 0.497 e. The van der Waals surface area contributed by atoms with E-state index in [1.54, 1.807) is 97.1 Å². The van der Waals surface area contributed by atoms with Gasteiger partial charge in [-0.25, -0.2) is 16.8 Å². The van der Waals surface area contributed by atoms with E-state index in [1.165, 1.54) is 28.4 Å². The molecule has 0 unspecified atom stereocenters. The number of benzene rings is 4. The van der Waals surface area contributed by atoms with E-state index in [0.29, 0.717) is 45.3 Å². The zero-order chi connectivity index (χ0) is 44.4. The van der Waals surface area contributed by atoms with Crippen LogP contribution in [0.1, 0.15) is 22.3 Å². The van der Waals surface area contributed by atoms with Crippen molar-refractivity contribution in [3.8, 4) is 23.0 Å². The zero-order valence-corrected chi connectivity index (χ0v) is 35.8. The van der Waals surface area contributed by atoms with Gasteiger partial charge in [-0.15, -0.1) is 0 Å². The summed E-state index contributed by atoms with van der Waals surface area (Å²) in [6.07, 6.45) is 2.23. The first-order chi connectivity index (χ1) is 28.4. The molecule has 0 aromatic heterocycles. The Labute approximate surface area is 349 Å². The van der Waals surface area contributed by atoms with E-state index in [9.17, 15) is 37.1 Å². The second kappa shape index (κ2) is 22.8. The van der Waals surface area contributed by atoms with Gasteiger partial charge in [0.15, 0.2) is 0 Å². The van der Waals surface area contributed by atoms with Crippen LogP contribution in [0.4, 0.5) is 0 Å². The number of methoxy groups -OCH3 is 4. The van der Waals surface area contributed by atoms with Gasteiger partial charge in [0.2, 0.25) is 24.7 Å². The summed E-state index contributed by atoms with van der Waals surface area (Å²) >= 11 is 0. The number of nitro groups is 2. The molecule has 328 valence electrons. The quantitative estimate of drug-likeness (QED) is 0.0535. The molecular weight excluding hydrogens is 829 g/mol. The molecule has 0 saturated heterocycles. The highest BCUT2D eigenvalue weighted by Gasteiger charge is 2.39. The van der Waals surface area contributed by atoms with Gasteiger partial charge in [-0.1, -0.05) is 0 Å². The fourth-order valence-corrected chi connectivity index (χ4v) is 6.30. The average molecular weight is 879 g/mol. The number of sulfone groups is 2. The molecule has 0 heterocycles. The molecule has 0 bridgehead atoms. The van der Waals surface area contributed by atoms with Crippen molar-refractivity contribution in [2.75, 3.05) is 92.0 Å². The molecule has 20 heteroatoms. The first kappa shape index (κ1) is 49.0. The summed E-state index contributed by atoms with van der Waals surface area (Å²) in [6.45, 7) is -1.74. The molecule has 4 aromatic carbocycles. The molecule has 0 aliphatic rings. The lowest BCUT2D eigenvalue weighted by Crippen LogP contribution is -2.37. The van der Waals surface area contributed by atoms with Crippen molar-refractivity contribution < 1.29 is 64.6 Å². The summed E-state index contributed by atoms with van der Waals surface area (Å²) in [5.74, 6) is -1.16. The summed E-state index contributed by atoms with van der Waals surface area (Å²) in [7, 11) is -0.466. The smallest absolute Gasteiger partial charge is 0.227 e. The van der Waals surface area contributed by atoms with E-state index >= 15 is 0 Å². The third kappa shape index (κ3) is 15.0. The highest BCUT2D eigenvalue weighted by Crippen LogP contribution is 2.38. The molecule has 0 saturated carbocycles. The van der Waals surface area contributed by atoms with E-state index < -0.39 is 54.2 Å². The highest BCUT2D eigenvalue weighted by molar-refractivity contribution is 7.90. The highest BCUT2D eigenvalue weighted by atomic mass is 32.2. The minimum Gasteiger partial charge on any atom is -0.497 e. The fourth-order valence-electron chi connectivity index (χ4n) is 5.53. The van der Waals surface area contributed by atoms with Crippen molar-refractivity contribution >= 4 is 19.7 Å². The Kier molecular flexibility index (Phi) is 18.6. The van der Waals surface area contributed by atoms with Gasteiger partial charge in [0.1, 0.15) is 55.9 Å². The van der Waals surface area contributed by atoms with Gasteiger partial charge in [-0.3, -0.25) is 20.2 Å². The van der Waals surface area contributed by atoms with Crippen LogP contribution in [0.5, 0.6) is 23.0 Å². The minimum absolute atomic E-state index is 0.157. The second-order valence-corrected chi connectivity index (χ2v) is 17.4. The van der Waals surface area contributed by atoms with Crippen LogP contribution in [-0.4, -0.2) is 119 Å². The molecule has 4 aromatic rings. The molecule has 0 amide bonds. The standard InChI is InChI=1S/C21H28O8S2.C19H22N2O8/c1-26-19-9-5-17(6-10-19)21(28-13-15-30(3,22)23,29-14-16-31(4,24)25)18-7-11-20(27-2)12-8-18;1-26-17-7-3-15(4-8-17)19(28-13-11-20(22)23,29-14-12-21(24)25)16-5-9-18(27-2)10-6-16/h5-12H,13-16H2,1-4H3;3-10H,11-14H2,1-2H3. The Hall–Kier alpha value is -5.38. The van der Waals surface area contributed by atoms with Gasteiger partial charge in [0, 0.05) is 44.6 Å². The number of hydrogen-bond donors (Lipinski definition) is 0. The van der Waals surface area contributed by atoms with Crippen LogP contribution in [0.2, 0.25) is 0 Å². The Balaban J connectivity index is 0.000000321. The SMILES string of the molecule is COc1ccc(C(OCCS(C)(=O)=O)(OCCS(C)(=O)=O)c2ccc(OC)cc2)cc1.COc1ccc(C(OCC[N+](=O)[O-])(OCC[N+](=O)[O-])c2ccc(OC)cc2)cc1. The Morgan fingerprint density at radius 3 is 0.833 bits per heavy atom. The maximum Gasteiger partial charge on any atom is 0.227 e. The molecule has 0 N–H and O–H groups in total. The second-order valence-electron chi connectivity index (χ2n) is 12.9. The van der Waals surface area contributed by atoms with Crippen LogP contribution in [0.25, 0.3) is 0 Å². The normalized spacial score (nSPS) is 11.8. The van der Waals surface area contributed by atoms with E-state index in [0.717, 1.165) is 12.5 Å². The third-order valence-electron chi connectivity index (χ3n) is 8.56. The molecule has 0 atom stereocenters. The molecule has 0 spiro atoms. The maximum absolute atomic E-state index is 11.7. The molecule has 0 fully saturated rings. The van der Waals surface area contributed by atoms with Gasteiger partial charge < -0.3 is 37.9 Å². The van der Waals surface area contributed by atoms with E-state index in [1.807, 2.05) is 0 Å². The predicted octanol–water partition coefficient (Wildman–Crippen LogP) is 4.52. The summed E-state index contributed by atoms with van der Waals surface area (Å²) in [5.41, 5.74) is 2.13. The first-order valence-corrected chi connectivity index (χ1v) is 22.3. The zero-order valence-electron chi connectivity index (χ0n) is 34.1. The van der Waals surface area contributed by atoms with Crippen molar-refractivity contribution in [2.24, 2.45) is 0 Å². The van der Waals surface area contributed by atoms with Crippen LogP contribution in [-0.2, 0) is 50.2 Å². The fraction of sp³-hybridized carbons (Fsp3) is 0.400. The van der Waals surface area contributed by atoms with Crippen LogP contribution >= 0.6 is 0 Å². The number of hydrogen-bond acceptors (Lipinski definition) is 16. The van der Waals surface area contributed by atoms with Crippen molar-refractivity contribution in [3.63, 3.8) is 0 Å². The van der Waals surface area contributed by atoms with Crippen molar-refractivity contribution in [2.45, 2.75) is 11.6 Å². The lowest BCUT2D eigenvalue weighted by molar-refractivity contribution is -0.493. The molecule has 0 radical (unpaired) electrons. The van der Waals surface area contributed by atoms with Gasteiger partial charge in [0.25, 0.3) is 0 Å². The van der Waals surface area contributed by atoms with Gasteiger partial charge >= 0.3 is 0 Å². The maximum atomic E-state index is 11.7. The molecule has 18 nitrogen and oxygen atoms in total. The lowest BCUT2D eigenvalue weighted by Gasteiger charge is -2.35. The van der Waals surface area contributed by atoms with Crippen molar-refractivity contribution in [3.05, 3.63) is 140 Å². The summed E-state index contributed by atoms with van der Waals surface area (Å²) in [6, 6.07) is 27.2. The van der Waals surface area contributed by atoms with Gasteiger partial charge in [-0.05, 0) is 97.1 Å². The van der Waals surface area contributed by atoms with Crippen molar-refractivity contribution in [1.29, 1.82) is 0 Å². The molecule has 60 heavy (non-hydrogen) atoms. The van der Waals surface area contributed by atoms with Crippen LogP contribution in [0.15, 0.2) is 97.1 Å². The minimum atomic E-state index is -3.29. The first-order valence-electron chi connectivity index (χ1n) is 18.1. The predicted molar refractivity (Wildman–Crippen MR) is 220 cm³/mol. The van der Waals surface area contributed by atoms with Crippen LogP contribution in [0.3, 0.4) is 0 Å².